The summed E-state index contributed by atoms with van der Waals surface area (Å²) in [5.74, 6) is -0.459. The predicted molar refractivity (Wildman–Crippen MR) is 115 cm³/mol. The van der Waals surface area contributed by atoms with Crippen molar-refractivity contribution < 1.29 is 17.9 Å². The van der Waals surface area contributed by atoms with Crippen molar-refractivity contribution >= 4 is 61.3 Å². The maximum atomic E-state index is 12.5. The van der Waals surface area contributed by atoms with E-state index in [4.69, 9.17) is 4.74 Å². The van der Waals surface area contributed by atoms with Gasteiger partial charge in [-0.2, -0.15) is 11.3 Å². The van der Waals surface area contributed by atoms with E-state index in [1.807, 2.05) is 27.1 Å². The van der Waals surface area contributed by atoms with E-state index < -0.39 is 16.0 Å². The summed E-state index contributed by atoms with van der Waals surface area (Å²) in [5, 5.41) is 7.24. The number of anilines is 1. The van der Waals surface area contributed by atoms with Crippen LogP contribution in [0.25, 0.3) is 10.6 Å². The number of thiazole rings is 1. The number of hydrogen-bond donors (Lipinski definition) is 0. The van der Waals surface area contributed by atoms with Crippen LogP contribution in [0.4, 0.5) is 5.69 Å². The van der Waals surface area contributed by atoms with Crippen molar-refractivity contribution in [3.63, 3.8) is 0 Å². The Bertz CT molecular complexity index is 1230. The van der Waals surface area contributed by atoms with Gasteiger partial charge in [0.2, 0.25) is 0 Å². The number of ether oxygens (including phenoxy) is 1. The number of rotatable bonds is 4. The van der Waals surface area contributed by atoms with Crippen LogP contribution in [0, 0.1) is 0 Å². The molecule has 5 rings (SSSR count). The van der Waals surface area contributed by atoms with Crippen LogP contribution in [0.3, 0.4) is 0 Å². The SMILES string of the molecule is O=C(OCc1csc(-c2ccsc2)n1)c1ccc2c(c1)SC1=NS(=O)(=O)CCN12. The molecular formula is C18H13N3O4S4. The van der Waals surface area contributed by atoms with E-state index in [0.717, 1.165) is 21.2 Å². The molecule has 0 amide bonds. The number of carbonyl (C=O) groups excluding carboxylic acids is 1. The molecule has 0 N–H and O–H groups in total. The highest BCUT2D eigenvalue weighted by molar-refractivity contribution is 8.15. The molecule has 3 aromatic rings. The van der Waals surface area contributed by atoms with Gasteiger partial charge in [0.05, 0.1) is 22.7 Å². The molecule has 2 aromatic heterocycles. The summed E-state index contributed by atoms with van der Waals surface area (Å²) in [6.45, 7) is 0.460. The number of hydrogen-bond acceptors (Lipinski definition) is 9. The summed E-state index contributed by atoms with van der Waals surface area (Å²) in [4.78, 5) is 19.6. The van der Waals surface area contributed by atoms with Crippen molar-refractivity contribution in [2.45, 2.75) is 11.5 Å². The van der Waals surface area contributed by atoms with Gasteiger partial charge >= 0.3 is 5.97 Å². The first-order valence-electron chi connectivity index (χ1n) is 8.55. The average Bonchev–Trinajstić information content (AvgIpc) is 3.42. The van der Waals surface area contributed by atoms with Crippen LogP contribution in [0.1, 0.15) is 16.1 Å². The van der Waals surface area contributed by atoms with Crippen LogP contribution in [0.2, 0.25) is 0 Å². The maximum absolute atomic E-state index is 12.5. The van der Waals surface area contributed by atoms with E-state index in [-0.39, 0.29) is 12.4 Å². The molecule has 0 bridgehead atoms. The molecule has 2 aliphatic rings. The second-order valence-electron chi connectivity index (χ2n) is 6.33. The van der Waals surface area contributed by atoms with Crippen LogP contribution in [0.15, 0.2) is 49.7 Å². The van der Waals surface area contributed by atoms with Crippen molar-refractivity contribution in [3.05, 3.63) is 51.7 Å². The third-order valence-electron chi connectivity index (χ3n) is 4.38. The van der Waals surface area contributed by atoms with Gasteiger partial charge in [-0.3, -0.25) is 0 Å². The fourth-order valence-electron chi connectivity index (χ4n) is 2.97. The molecule has 1 aromatic carbocycles. The van der Waals surface area contributed by atoms with Gasteiger partial charge in [-0.1, -0.05) is 0 Å². The van der Waals surface area contributed by atoms with Crippen LogP contribution >= 0.6 is 34.4 Å². The van der Waals surface area contributed by atoms with E-state index in [1.54, 1.807) is 29.5 Å². The Morgan fingerprint density at radius 2 is 2.14 bits per heavy atom. The Labute approximate surface area is 179 Å². The summed E-state index contributed by atoms with van der Waals surface area (Å²) in [7, 11) is -3.41. The molecule has 4 heterocycles. The third kappa shape index (κ3) is 3.70. The zero-order chi connectivity index (χ0) is 20.0. The Balaban J connectivity index is 1.29. The largest absolute Gasteiger partial charge is 0.456 e. The van der Waals surface area contributed by atoms with E-state index in [0.29, 0.717) is 23.0 Å². The summed E-state index contributed by atoms with van der Waals surface area (Å²) >= 11 is 4.38. The summed E-state index contributed by atoms with van der Waals surface area (Å²) < 4.78 is 32.7. The van der Waals surface area contributed by atoms with Crippen molar-refractivity contribution in [2.75, 3.05) is 17.2 Å². The summed E-state index contributed by atoms with van der Waals surface area (Å²) in [6.07, 6.45) is 0. The topological polar surface area (TPSA) is 88.9 Å². The quantitative estimate of drug-likeness (QED) is 0.543. The Kier molecular flexibility index (Phi) is 4.69. The molecule has 0 unspecified atom stereocenters. The molecule has 29 heavy (non-hydrogen) atoms. The number of nitrogens with zero attached hydrogens (tertiary/aromatic N) is 3. The lowest BCUT2D eigenvalue weighted by Gasteiger charge is -2.22. The summed E-state index contributed by atoms with van der Waals surface area (Å²) in [6, 6.07) is 7.21. The highest BCUT2D eigenvalue weighted by Crippen LogP contribution is 2.42. The number of amidine groups is 1. The van der Waals surface area contributed by atoms with Crippen LogP contribution in [0.5, 0.6) is 0 Å². The number of fused-ring (bicyclic) bond motifs is 3. The number of benzene rings is 1. The Hall–Kier alpha value is -2.21. The lowest BCUT2D eigenvalue weighted by molar-refractivity contribution is 0.0468. The molecule has 11 heteroatoms. The lowest BCUT2D eigenvalue weighted by Crippen LogP contribution is -2.35. The number of thioether (sulfide) groups is 1. The van der Waals surface area contributed by atoms with Crippen molar-refractivity contribution in [2.24, 2.45) is 4.40 Å². The number of thiophene rings is 1. The van der Waals surface area contributed by atoms with Crippen LogP contribution < -0.4 is 4.90 Å². The van der Waals surface area contributed by atoms with Gasteiger partial charge in [0, 0.05) is 27.8 Å². The fourth-order valence-corrected chi connectivity index (χ4v) is 6.79. The number of carbonyl (C=O) groups is 1. The monoisotopic (exact) mass is 463 g/mol. The van der Waals surface area contributed by atoms with E-state index >= 15 is 0 Å². The maximum Gasteiger partial charge on any atom is 0.338 e. The summed E-state index contributed by atoms with van der Waals surface area (Å²) in [5.41, 5.74) is 3.04. The zero-order valence-corrected chi connectivity index (χ0v) is 18.0. The minimum Gasteiger partial charge on any atom is -0.456 e. The van der Waals surface area contributed by atoms with Gasteiger partial charge in [-0.15, -0.1) is 15.7 Å². The third-order valence-corrected chi connectivity index (χ3v) is 8.31. The van der Waals surface area contributed by atoms with Gasteiger partial charge in [-0.05, 0) is 41.4 Å². The van der Waals surface area contributed by atoms with Crippen LogP contribution in [-0.2, 0) is 21.4 Å². The number of esters is 1. The molecule has 0 saturated heterocycles. The molecule has 0 spiro atoms. The van der Waals surface area contributed by atoms with Gasteiger partial charge in [0.15, 0.2) is 5.17 Å². The van der Waals surface area contributed by atoms with Crippen molar-refractivity contribution in [1.82, 2.24) is 4.98 Å². The van der Waals surface area contributed by atoms with Gasteiger partial charge in [-0.25, -0.2) is 18.2 Å². The second-order valence-corrected chi connectivity index (χ2v) is 10.7. The molecule has 148 valence electrons. The van der Waals surface area contributed by atoms with Crippen molar-refractivity contribution in [1.29, 1.82) is 0 Å². The molecule has 0 fully saturated rings. The fraction of sp³-hybridized carbons (Fsp3) is 0.167. The van der Waals surface area contributed by atoms with Gasteiger partial charge in [0.1, 0.15) is 11.6 Å². The smallest absolute Gasteiger partial charge is 0.338 e. The minimum absolute atomic E-state index is 0.0126. The first-order valence-corrected chi connectivity index (χ1v) is 12.8. The Morgan fingerprint density at radius 3 is 2.97 bits per heavy atom. The first-order chi connectivity index (χ1) is 14.0. The first kappa shape index (κ1) is 18.8. The minimum atomic E-state index is -3.41. The normalized spacial score (nSPS) is 16.8. The molecular weight excluding hydrogens is 450 g/mol. The molecule has 0 atom stereocenters. The standard InChI is InChI=1S/C18H13N3O4S4/c22-17(25-8-13-10-27-16(19-13)12-3-5-26-9-12)11-1-2-14-15(7-11)28-18-20-29(23,24)6-4-21(14)18/h1-3,5,7,9-10H,4,6,8H2. The molecule has 7 nitrogen and oxygen atoms in total. The molecule has 0 saturated carbocycles. The highest BCUT2D eigenvalue weighted by Gasteiger charge is 2.33. The van der Waals surface area contributed by atoms with Crippen molar-refractivity contribution in [3.8, 4) is 10.6 Å². The lowest BCUT2D eigenvalue weighted by atomic mass is 10.2. The molecule has 0 radical (unpaired) electrons. The molecule has 0 aliphatic carbocycles. The second kappa shape index (κ2) is 7.24. The van der Waals surface area contributed by atoms with E-state index in [1.165, 1.54) is 23.1 Å². The number of aromatic nitrogens is 1. The average molecular weight is 464 g/mol. The zero-order valence-electron chi connectivity index (χ0n) is 14.8. The molecule has 2 aliphatic heterocycles. The Morgan fingerprint density at radius 1 is 1.24 bits per heavy atom. The van der Waals surface area contributed by atoms with E-state index in [2.05, 4.69) is 9.38 Å². The highest BCUT2D eigenvalue weighted by atomic mass is 32.2. The number of sulfonamides is 1. The van der Waals surface area contributed by atoms with Crippen LogP contribution in [-0.4, -0.2) is 36.8 Å². The van der Waals surface area contributed by atoms with Gasteiger partial charge in [0.25, 0.3) is 10.0 Å². The van der Waals surface area contributed by atoms with Gasteiger partial charge < -0.3 is 9.64 Å². The van der Waals surface area contributed by atoms with E-state index in [9.17, 15) is 13.2 Å². The predicted octanol–water partition coefficient (Wildman–Crippen LogP) is 3.84.